The average Bonchev–Trinajstić information content (AvgIpc) is 3.44. The van der Waals surface area contributed by atoms with Gasteiger partial charge in [-0.05, 0) is 46.7 Å². The molecule has 0 spiro atoms. The molecular formula is C25H30N2O3S. The molecule has 31 heavy (non-hydrogen) atoms. The first-order valence-corrected chi connectivity index (χ1v) is 11.6. The fourth-order valence-corrected chi connectivity index (χ4v) is 4.41. The SMILES string of the molecule is CC(C)(C)c1ccc(OCc2ccc(C(=O)N3CCN(Cc4cccs4)CC3)o2)cc1. The van der Waals surface area contributed by atoms with Crippen LogP contribution in [0.4, 0.5) is 0 Å². The van der Waals surface area contributed by atoms with E-state index in [2.05, 4.69) is 55.3 Å². The number of ether oxygens (including phenoxy) is 1. The Morgan fingerprint density at radius 1 is 1.03 bits per heavy atom. The Hall–Kier alpha value is -2.57. The number of carbonyl (C=O) groups excluding carboxylic acids is 1. The summed E-state index contributed by atoms with van der Waals surface area (Å²) in [6.45, 7) is 11.0. The van der Waals surface area contributed by atoms with Crippen molar-refractivity contribution in [3.8, 4) is 5.75 Å². The number of hydrogen-bond donors (Lipinski definition) is 0. The minimum atomic E-state index is -0.0449. The highest BCUT2D eigenvalue weighted by Gasteiger charge is 2.24. The van der Waals surface area contributed by atoms with Crippen molar-refractivity contribution in [2.45, 2.75) is 39.3 Å². The van der Waals surface area contributed by atoms with Crippen LogP contribution >= 0.6 is 11.3 Å². The Bertz CT molecular complexity index is 979. The van der Waals surface area contributed by atoms with Gasteiger partial charge in [0.25, 0.3) is 5.91 Å². The maximum atomic E-state index is 12.8. The number of amides is 1. The second-order valence-electron chi connectivity index (χ2n) is 8.98. The Labute approximate surface area is 188 Å². The summed E-state index contributed by atoms with van der Waals surface area (Å²) < 4.78 is 11.6. The maximum Gasteiger partial charge on any atom is 0.289 e. The highest BCUT2D eigenvalue weighted by atomic mass is 32.1. The molecule has 3 heterocycles. The third kappa shape index (κ3) is 5.57. The van der Waals surface area contributed by atoms with Crippen molar-refractivity contribution in [3.63, 3.8) is 0 Å². The molecule has 0 saturated carbocycles. The summed E-state index contributed by atoms with van der Waals surface area (Å²) in [4.78, 5) is 18.4. The van der Waals surface area contributed by atoms with E-state index >= 15 is 0 Å². The minimum Gasteiger partial charge on any atom is -0.486 e. The zero-order valence-electron chi connectivity index (χ0n) is 18.5. The van der Waals surface area contributed by atoms with E-state index in [9.17, 15) is 4.79 Å². The van der Waals surface area contributed by atoms with E-state index in [1.54, 1.807) is 17.4 Å². The lowest BCUT2D eigenvalue weighted by atomic mass is 9.87. The number of furan rings is 1. The highest BCUT2D eigenvalue weighted by molar-refractivity contribution is 7.09. The van der Waals surface area contributed by atoms with Crippen molar-refractivity contribution in [1.82, 2.24) is 9.80 Å². The van der Waals surface area contributed by atoms with Crippen LogP contribution in [0.1, 0.15) is 47.5 Å². The molecule has 0 unspecified atom stereocenters. The number of thiophene rings is 1. The first kappa shape index (κ1) is 21.7. The van der Waals surface area contributed by atoms with Crippen LogP contribution in [0.25, 0.3) is 0 Å². The quantitative estimate of drug-likeness (QED) is 0.532. The number of rotatable bonds is 6. The zero-order chi connectivity index (χ0) is 21.8. The molecule has 1 aromatic carbocycles. The molecule has 2 aromatic heterocycles. The molecule has 1 amide bonds. The van der Waals surface area contributed by atoms with Gasteiger partial charge < -0.3 is 14.1 Å². The summed E-state index contributed by atoms with van der Waals surface area (Å²) >= 11 is 1.78. The van der Waals surface area contributed by atoms with Crippen LogP contribution in [0.5, 0.6) is 5.75 Å². The van der Waals surface area contributed by atoms with Gasteiger partial charge in [-0.15, -0.1) is 11.3 Å². The van der Waals surface area contributed by atoms with Gasteiger partial charge in [0.1, 0.15) is 18.1 Å². The van der Waals surface area contributed by atoms with Gasteiger partial charge in [0.15, 0.2) is 5.76 Å². The first-order valence-electron chi connectivity index (χ1n) is 10.7. The van der Waals surface area contributed by atoms with Crippen molar-refractivity contribution in [1.29, 1.82) is 0 Å². The molecule has 4 rings (SSSR count). The number of benzene rings is 1. The van der Waals surface area contributed by atoms with E-state index in [0.717, 1.165) is 38.5 Å². The summed E-state index contributed by atoms with van der Waals surface area (Å²) in [5.41, 5.74) is 1.38. The third-order valence-corrected chi connectivity index (χ3v) is 6.45. The van der Waals surface area contributed by atoms with Crippen LogP contribution in [-0.2, 0) is 18.6 Å². The van der Waals surface area contributed by atoms with E-state index in [4.69, 9.17) is 9.15 Å². The van der Waals surface area contributed by atoms with Gasteiger partial charge in [-0.3, -0.25) is 9.69 Å². The van der Waals surface area contributed by atoms with Gasteiger partial charge in [0.2, 0.25) is 0 Å². The van der Waals surface area contributed by atoms with Gasteiger partial charge in [-0.1, -0.05) is 39.0 Å². The number of hydrogen-bond acceptors (Lipinski definition) is 5. The second-order valence-corrected chi connectivity index (χ2v) is 10.0. The van der Waals surface area contributed by atoms with Gasteiger partial charge in [0, 0.05) is 37.6 Å². The average molecular weight is 439 g/mol. The van der Waals surface area contributed by atoms with E-state index in [-0.39, 0.29) is 11.3 Å². The lowest BCUT2D eigenvalue weighted by Crippen LogP contribution is -2.48. The Balaban J connectivity index is 1.27. The van der Waals surface area contributed by atoms with Gasteiger partial charge in [-0.25, -0.2) is 0 Å². The molecule has 0 aliphatic carbocycles. The van der Waals surface area contributed by atoms with Crippen molar-refractivity contribution in [2.24, 2.45) is 0 Å². The van der Waals surface area contributed by atoms with Crippen molar-refractivity contribution in [2.75, 3.05) is 26.2 Å². The molecule has 164 valence electrons. The lowest BCUT2D eigenvalue weighted by molar-refractivity contribution is 0.0595. The molecule has 5 nitrogen and oxygen atoms in total. The number of piperazine rings is 1. The lowest BCUT2D eigenvalue weighted by Gasteiger charge is -2.34. The van der Waals surface area contributed by atoms with Crippen LogP contribution in [0, 0.1) is 0 Å². The van der Waals surface area contributed by atoms with Crippen molar-refractivity contribution >= 4 is 17.2 Å². The van der Waals surface area contributed by atoms with Crippen LogP contribution in [0.3, 0.4) is 0 Å². The second kappa shape index (κ2) is 9.28. The third-order valence-electron chi connectivity index (χ3n) is 5.59. The predicted molar refractivity (Wildman–Crippen MR) is 124 cm³/mol. The molecule has 0 radical (unpaired) electrons. The molecule has 3 aromatic rings. The first-order chi connectivity index (χ1) is 14.9. The molecule has 1 aliphatic heterocycles. The van der Waals surface area contributed by atoms with Crippen molar-refractivity contribution in [3.05, 3.63) is 75.9 Å². The van der Waals surface area contributed by atoms with Gasteiger partial charge in [-0.2, -0.15) is 0 Å². The molecule has 1 fully saturated rings. The zero-order valence-corrected chi connectivity index (χ0v) is 19.3. The molecule has 1 saturated heterocycles. The topological polar surface area (TPSA) is 45.9 Å². The van der Waals surface area contributed by atoms with Crippen LogP contribution in [0.15, 0.2) is 58.3 Å². The fraction of sp³-hybridized carbons (Fsp3) is 0.400. The fourth-order valence-electron chi connectivity index (χ4n) is 3.66. The largest absolute Gasteiger partial charge is 0.486 e. The summed E-state index contributed by atoms with van der Waals surface area (Å²) in [5.74, 6) is 1.78. The predicted octanol–water partition coefficient (Wildman–Crippen LogP) is 5.18. The Morgan fingerprint density at radius 2 is 1.77 bits per heavy atom. The summed E-state index contributed by atoms with van der Waals surface area (Å²) in [5, 5.41) is 2.11. The standard InChI is InChI=1S/C25H30N2O3S/c1-25(2,3)19-6-8-20(9-7-19)29-18-21-10-11-23(30-21)24(28)27-14-12-26(13-15-27)17-22-5-4-16-31-22/h4-11,16H,12-15,17-18H2,1-3H3. The van der Waals surface area contributed by atoms with E-state index < -0.39 is 0 Å². The van der Waals surface area contributed by atoms with Crippen molar-refractivity contribution < 1.29 is 13.9 Å². The monoisotopic (exact) mass is 438 g/mol. The molecule has 0 N–H and O–H groups in total. The van der Waals surface area contributed by atoms with Gasteiger partial charge in [0.05, 0.1) is 0 Å². The normalized spacial score (nSPS) is 15.3. The minimum absolute atomic E-state index is 0.0449. The number of nitrogens with zero attached hydrogens (tertiary/aromatic N) is 2. The van der Waals surface area contributed by atoms with E-state index in [1.165, 1.54) is 10.4 Å². The Kier molecular flexibility index (Phi) is 6.49. The summed E-state index contributed by atoms with van der Waals surface area (Å²) in [6, 6.07) is 15.9. The number of carbonyl (C=O) groups is 1. The van der Waals surface area contributed by atoms with E-state index in [1.807, 2.05) is 23.1 Å². The van der Waals surface area contributed by atoms with Crippen LogP contribution in [0.2, 0.25) is 0 Å². The summed E-state index contributed by atoms with van der Waals surface area (Å²) in [6.07, 6.45) is 0. The molecule has 0 bridgehead atoms. The maximum absolute atomic E-state index is 12.8. The molecule has 1 aliphatic rings. The van der Waals surface area contributed by atoms with E-state index in [0.29, 0.717) is 18.1 Å². The molecule has 6 heteroatoms. The van der Waals surface area contributed by atoms with Crippen LogP contribution in [-0.4, -0.2) is 41.9 Å². The molecular weight excluding hydrogens is 408 g/mol. The molecule has 0 atom stereocenters. The van der Waals surface area contributed by atoms with Gasteiger partial charge >= 0.3 is 0 Å². The Morgan fingerprint density at radius 3 is 2.42 bits per heavy atom. The van der Waals surface area contributed by atoms with Crippen LogP contribution < -0.4 is 4.74 Å². The summed E-state index contributed by atoms with van der Waals surface area (Å²) in [7, 11) is 0. The highest BCUT2D eigenvalue weighted by Crippen LogP contribution is 2.25. The smallest absolute Gasteiger partial charge is 0.289 e.